The molecule has 0 bridgehead atoms. The molecular formula is C19H22N8O3S. The Kier molecular flexibility index (Phi) is 5.80. The lowest BCUT2D eigenvalue weighted by Crippen LogP contribution is -2.38. The molecule has 0 unspecified atom stereocenters. The first-order valence-corrected chi connectivity index (χ1v) is 11.6. The summed E-state index contributed by atoms with van der Waals surface area (Å²) < 4.78 is 26.8. The van der Waals surface area contributed by atoms with Crippen LogP contribution in [0.5, 0.6) is 0 Å². The van der Waals surface area contributed by atoms with Crippen LogP contribution in [0.2, 0.25) is 0 Å². The molecule has 162 valence electrons. The average Bonchev–Trinajstić information content (AvgIpc) is 3.28. The molecule has 3 heterocycles. The summed E-state index contributed by atoms with van der Waals surface area (Å²) in [6.45, 7) is 1.36. The fourth-order valence-electron chi connectivity index (χ4n) is 3.45. The Morgan fingerprint density at radius 2 is 1.81 bits per heavy atom. The van der Waals surface area contributed by atoms with E-state index in [1.807, 2.05) is 6.07 Å². The molecule has 3 aromatic rings. The molecule has 12 heteroatoms. The monoisotopic (exact) mass is 442 g/mol. The molecular weight excluding hydrogens is 420 g/mol. The largest absolute Gasteiger partial charge is 0.356 e. The van der Waals surface area contributed by atoms with E-state index in [-0.39, 0.29) is 11.8 Å². The van der Waals surface area contributed by atoms with Crippen molar-refractivity contribution in [1.29, 1.82) is 0 Å². The second-order valence-electron chi connectivity index (χ2n) is 7.28. The first kappa shape index (κ1) is 20.7. The van der Waals surface area contributed by atoms with E-state index in [2.05, 4.69) is 35.0 Å². The lowest BCUT2D eigenvalue weighted by atomic mass is 9.96. The van der Waals surface area contributed by atoms with Gasteiger partial charge in [0.15, 0.2) is 5.82 Å². The fourth-order valence-corrected chi connectivity index (χ4v) is 4.01. The lowest BCUT2D eigenvalue weighted by Gasteiger charge is -2.32. The number of benzene rings is 1. The van der Waals surface area contributed by atoms with Gasteiger partial charge in [-0.3, -0.25) is 9.52 Å². The summed E-state index contributed by atoms with van der Waals surface area (Å²) in [5, 5.41) is 6.96. The molecule has 1 aromatic carbocycles. The van der Waals surface area contributed by atoms with Crippen molar-refractivity contribution in [3.8, 4) is 5.82 Å². The highest BCUT2D eigenvalue weighted by atomic mass is 32.2. The molecule has 0 atom stereocenters. The predicted molar refractivity (Wildman–Crippen MR) is 115 cm³/mol. The van der Waals surface area contributed by atoms with E-state index in [0.717, 1.165) is 12.1 Å². The maximum atomic E-state index is 12.7. The van der Waals surface area contributed by atoms with Crippen LogP contribution in [0.3, 0.4) is 0 Å². The van der Waals surface area contributed by atoms with Gasteiger partial charge < -0.3 is 10.2 Å². The van der Waals surface area contributed by atoms with Gasteiger partial charge in [0.25, 0.3) is 0 Å². The summed E-state index contributed by atoms with van der Waals surface area (Å²) in [6.07, 6.45) is 6.94. The van der Waals surface area contributed by atoms with Crippen molar-refractivity contribution in [3.63, 3.8) is 0 Å². The first-order valence-electron chi connectivity index (χ1n) is 9.68. The van der Waals surface area contributed by atoms with Gasteiger partial charge in [0.2, 0.25) is 15.9 Å². The molecule has 1 fully saturated rings. The van der Waals surface area contributed by atoms with Crippen LogP contribution in [-0.4, -0.2) is 58.4 Å². The van der Waals surface area contributed by atoms with E-state index in [1.165, 1.54) is 12.7 Å². The quantitative estimate of drug-likeness (QED) is 0.583. The molecule has 2 N–H and O–H groups in total. The van der Waals surface area contributed by atoms with E-state index in [4.69, 9.17) is 0 Å². The average molecular weight is 443 g/mol. The van der Waals surface area contributed by atoms with Crippen molar-refractivity contribution in [2.45, 2.75) is 12.8 Å². The minimum atomic E-state index is -3.38. The smallest absolute Gasteiger partial charge is 0.229 e. The van der Waals surface area contributed by atoms with E-state index in [0.29, 0.717) is 43.1 Å². The summed E-state index contributed by atoms with van der Waals surface area (Å²) in [7, 11) is -3.38. The summed E-state index contributed by atoms with van der Waals surface area (Å²) in [6, 6.07) is 8.49. The lowest BCUT2D eigenvalue weighted by molar-refractivity contribution is -0.120. The molecule has 2 aromatic heterocycles. The maximum absolute atomic E-state index is 12.7. The molecule has 0 aliphatic carbocycles. The van der Waals surface area contributed by atoms with Crippen LogP contribution in [-0.2, 0) is 14.8 Å². The Morgan fingerprint density at radius 1 is 1.06 bits per heavy atom. The highest BCUT2D eigenvalue weighted by Crippen LogP contribution is 2.24. The highest BCUT2D eigenvalue weighted by molar-refractivity contribution is 7.92. The molecule has 0 saturated carbocycles. The number of sulfonamides is 1. The normalized spacial score (nSPS) is 14.9. The van der Waals surface area contributed by atoms with Crippen molar-refractivity contribution in [2.75, 3.05) is 34.3 Å². The summed E-state index contributed by atoms with van der Waals surface area (Å²) in [5.74, 6) is 1.19. The van der Waals surface area contributed by atoms with Gasteiger partial charge in [-0.1, -0.05) is 6.07 Å². The number of nitrogens with zero attached hydrogens (tertiary/aromatic N) is 6. The van der Waals surface area contributed by atoms with Crippen molar-refractivity contribution < 1.29 is 13.2 Å². The van der Waals surface area contributed by atoms with Crippen LogP contribution in [0.25, 0.3) is 5.82 Å². The van der Waals surface area contributed by atoms with Crippen LogP contribution in [0.15, 0.2) is 49.3 Å². The number of carbonyl (C=O) groups excluding carboxylic acids is 1. The number of nitrogens with one attached hydrogen (secondary N) is 2. The van der Waals surface area contributed by atoms with Gasteiger partial charge in [-0.2, -0.15) is 5.10 Å². The number of carbonyl (C=O) groups is 1. The number of aromatic nitrogens is 5. The van der Waals surface area contributed by atoms with E-state index >= 15 is 0 Å². The Morgan fingerprint density at radius 3 is 2.52 bits per heavy atom. The van der Waals surface area contributed by atoms with Gasteiger partial charge in [0.05, 0.1) is 11.9 Å². The van der Waals surface area contributed by atoms with Crippen LogP contribution >= 0.6 is 0 Å². The third-order valence-electron chi connectivity index (χ3n) is 4.91. The van der Waals surface area contributed by atoms with Crippen molar-refractivity contribution in [1.82, 2.24) is 24.7 Å². The zero-order chi connectivity index (χ0) is 21.8. The minimum absolute atomic E-state index is 0.0813. The van der Waals surface area contributed by atoms with Gasteiger partial charge in [-0.05, 0) is 31.0 Å². The molecule has 4 rings (SSSR count). The molecule has 1 amide bonds. The standard InChI is InChI=1S/C19H22N8O3S/c1-31(29,30)25-16-4-2-3-15(9-16)24-19(28)14-5-7-26(8-6-14)17-10-18(22-12-21-17)27-13-20-11-23-27/h2-4,9-14,25H,5-8H2,1H3,(H,24,28). The Bertz CT molecular complexity index is 1160. The number of hydrogen-bond acceptors (Lipinski definition) is 8. The Hall–Kier alpha value is -3.54. The van der Waals surface area contributed by atoms with Crippen LogP contribution in [0.4, 0.5) is 17.2 Å². The number of piperidine rings is 1. The second kappa shape index (κ2) is 8.68. The maximum Gasteiger partial charge on any atom is 0.229 e. The van der Waals surface area contributed by atoms with Crippen LogP contribution < -0.4 is 14.9 Å². The third-order valence-corrected chi connectivity index (χ3v) is 5.52. The number of amides is 1. The summed E-state index contributed by atoms with van der Waals surface area (Å²) >= 11 is 0. The van der Waals surface area contributed by atoms with Gasteiger partial charge in [-0.25, -0.2) is 28.1 Å². The molecule has 31 heavy (non-hydrogen) atoms. The molecule has 1 aliphatic rings. The predicted octanol–water partition coefficient (Wildman–Crippen LogP) is 1.28. The van der Waals surface area contributed by atoms with Gasteiger partial charge >= 0.3 is 0 Å². The van der Waals surface area contributed by atoms with Gasteiger partial charge in [-0.15, -0.1) is 0 Å². The van der Waals surface area contributed by atoms with E-state index in [9.17, 15) is 13.2 Å². The van der Waals surface area contributed by atoms with Crippen molar-refractivity contribution >= 4 is 33.1 Å². The van der Waals surface area contributed by atoms with Crippen molar-refractivity contribution in [3.05, 3.63) is 49.3 Å². The first-order chi connectivity index (χ1) is 14.9. The molecule has 1 aliphatic heterocycles. The zero-order valence-electron chi connectivity index (χ0n) is 16.8. The third kappa shape index (κ3) is 5.34. The number of anilines is 3. The van der Waals surface area contributed by atoms with Crippen molar-refractivity contribution in [2.24, 2.45) is 5.92 Å². The Balaban J connectivity index is 1.35. The molecule has 1 saturated heterocycles. The van der Waals surface area contributed by atoms with Gasteiger partial charge in [0.1, 0.15) is 24.8 Å². The highest BCUT2D eigenvalue weighted by Gasteiger charge is 2.26. The van der Waals surface area contributed by atoms with E-state index in [1.54, 1.807) is 35.3 Å². The SMILES string of the molecule is CS(=O)(=O)Nc1cccc(NC(=O)C2CCN(c3cc(-n4cncn4)ncn3)CC2)c1. The van der Waals surface area contributed by atoms with Crippen LogP contribution in [0.1, 0.15) is 12.8 Å². The van der Waals surface area contributed by atoms with E-state index < -0.39 is 10.0 Å². The zero-order valence-corrected chi connectivity index (χ0v) is 17.7. The fraction of sp³-hybridized carbons (Fsp3) is 0.316. The Labute approximate surface area is 179 Å². The molecule has 0 spiro atoms. The van der Waals surface area contributed by atoms with Crippen LogP contribution in [0, 0.1) is 5.92 Å². The second-order valence-corrected chi connectivity index (χ2v) is 9.03. The number of rotatable bonds is 6. The molecule has 0 radical (unpaired) electrons. The topological polar surface area (TPSA) is 135 Å². The van der Waals surface area contributed by atoms with Gasteiger partial charge in [0, 0.05) is 30.8 Å². The summed E-state index contributed by atoms with van der Waals surface area (Å²) in [4.78, 5) is 27.3. The minimum Gasteiger partial charge on any atom is -0.356 e. The summed E-state index contributed by atoms with van der Waals surface area (Å²) in [5.41, 5.74) is 0.955. The number of hydrogen-bond donors (Lipinski definition) is 2. The molecule has 11 nitrogen and oxygen atoms in total.